The fourth-order valence-electron chi connectivity index (χ4n) is 2.76. The maximum absolute atomic E-state index is 4.43. The van der Waals surface area contributed by atoms with Crippen LogP contribution in [-0.4, -0.2) is 29.5 Å². The molecule has 0 spiro atoms. The summed E-state index contributed by atoms with van der Waals surface area (Å²) in [5.41, 5.74) is 1.33. The minimum absolute atomic E-state index is 0.920. The summed E-state index contributed by atoms with van der Waals surface area (Å²) in [4.78, 5) is 6.99. The second kappa shape index (κ2) is 6.74. The normalized spacial score (nSPS) is 20.2. The number of anilines is 1. The lowest BCUT2D eigenvalue weighted by atomic mass is 10.0. The highest BCUT2D eigenvalue weighted by atomic mass is 15.1. The van der Waals surface area contributed by atoms with E-state index in [2.05, 4.69) is 41.2 Å². The van der Waals surface area contributed by atoms with E-state index in [0.717, 1.165) is 24.8 Å². The molecule has 1 aromatic heterocycles. The van der Waals surface area contributed by atoms with Crippen LogP contribution in [0.25, 0.3) is 0 Å². The van der Waals surface area contributed by atoms with Crippen molar-refractivity contribution in [2.24, 2.45) is 5.92 Å². The molecule has 2 heterocycles. The number of aromatic nitrogens is 1. The van der Waals surface area contributed by atoms with Gasteiger partial charge in [-0.1, -0.05) is 19.4 Å². The Morgan fingerprint density at radius 3 is 2.94 bits per heavy atom. The molecule has 0 aliphatic carbocycles. The Bertz CT molecular complexity index is 347. The van der Waals surface area contributed by atoms with E-state index >= 15 is 0 Å². The Labute approximate surface area is 111 Å². The summed E-state index contributed by atoms with van der Waals surface area (Å²) in [5.74, 6) is 1.90. The molecule has 0 amide bonds. The van der Waals surface area contributed by atoms with Crippen LogP contribution in [0.3, 0.4) is 0 Å². The number of nitrogens with zero attached hydrogens (tertiary/aromatic N) is 2. The van der Waals surface area contributed by atoms with Crippen LogP contribution in [0, 0.1) is 5.92 Å². The summed E-state index contributed by atoms with van der Waals surface area (Å²) in [7, 11) is 0. The van der Waals surface area contributed by atoms with E-state index in [0.29, 0.717) is 0 Å². The number of hydrogen-bond donors (Lipinski definition) is 1. The molecule has 3 heteroatoms. The Morgan fingerprint density at radius 1 is 1.39 bits per heavy atom. The fraction of sp³-hybridized carbons (Fsp3) is 0.667. The first-order valence-electron chi connectivity index (χ1n) is 7.23. The lowest BCUT2D eigenvalue weighted by Gasteiger charge is -2.16. The van der Waals surface area contributed by atoms with Crippen LogP contribution in [0.2, 0.25) is 0 Å². The van der Waals surface area contributed by atoms with E-state index in [1.807, 2.05) is 6.20 Å². The van der Waals surface area contributed by atoms with Crippen LogP contribution < -0.4 is 5.32 Å². The van der Waals surface area contributed by atoms with Crippen molar-refractivity contribution < 1.29 is 0 Å². The monoisotopic (exact) mass is 247 g/mol. The van der Waals surface area contributed by atoms with Crippen LogP contribution in [0.5, 0.6) is 0 Å². The second-order valence-corrected chi connectivity index (χ2v) is 5.26. The summed E-state index contributed by atoms with van der Waals surface area (Å²) >= 11 is 0. The molecule has 0 saturated carbocycles. The number of nitrogens with one attached hydrogen (secondary N) is 1. The highest BCUT2D eigenvalue weighted by Crippen LogP contribution is 2.22. The van der Waals surface area contributed by atoms with Gasteiger partial charge in [0.25, 0.3) is 0 Å². The van der Waals surface area contributed by atoms with Crippen LogP contribution >= 0.6 is 0 Å². The summed E-state index contributed by atoms with van der Waals surface area (Å²) in [6, 6.07) is 4.27. The van der Waals surface area contributed by atoms with E-state index in [-0.39, 0.29) is 0 Å². The molecule has 2 rings (SSSR count). The van der Waals surface area contributed by atoms with Gasteiger partial charge >= 0.3 is 0 Å². The van der Waals surface area contributed by atoms with E-state index < -0.39 is 0 Å². The molecule has 1 aliphatic heterocycles. The van der Waals surface area contributed by atoms with Crippen LogP contribution in [0.1, 0.15) is 38.7 Å². The van der Waals surface area contributed by atoms with Crippen LogP contribution in [0.4, 0.5) is 5.82 Å². The van der Waals surface area contributed by atoms with Gasteiger partial charge in [0.15, 0.2) is 0 Å². The quantitative estimate of drug-likeness (QED) is 0.837. The van der Waals surface area contributed by atoms with Crippen molar-refractivity contribution in [1.29, 1.82) is 0 Å². The smallest absolute Gasteiger partial charge is 0.125 e. The van der Waals surface area contributed by atoms with Gasteiger partial charge in [0, 0.05) is 25.8 Å². The van der Waals surface area contributed by atoms with E-state index in [1.54, 1.807) is 0 Å². The predicted octanol–water partition coefficient (Wildman–Crippen LogP) is 3.14. The van der Waals surface area contributed by atoms with Crippen molar-refractivity contribution in [2.75, 3.05) is 25.0 Å². The molecular formula is C15H25N3. The molecule has 0 radical (unpaired) electrons. The Balaban J connectivity index is 1.82. The van der Waals surface area contributed by atoms with E-state index in [9.17, 15) is 0 Å². The molecule has 1 aromatic rings. The van der Waals surface area contributed by atoms with Gasteiger partial charge in [0.1, 0.15) is 5.82 Å². The number of rotatable bonds is 6. The topological polar surface area (TPSA) is 28.2 Å². The van der Waals surface area contributed by atoms with Crippen LogP contribution in [-0.2, 0) is 6.54 Å². The molecule has 18 heavy (non-hydrogen) atoms. The van der Waals surface area contributed by atoms with Crippen molar-refractivity contribution in [3.8, 4) is 0 Å². The number of hydrogen-bond acceptors (Lipinski definition) is 3. The summed E-state index contributed by atoms with van der Waals surface area (Å²) in [6.07, 6.45) is 6.08. The zero-order chi connectivity index (χ0) is 12.8. The predicted molar refractivity (Wildman–Crippen MR) is 76.7 cm³/mol. The SMILES string of the molecule is CCCC1CCN(Cc2ccc(NCC)nc2)C1. The average molecular weight is 247 g/mol. The van der Waals surface area contributed by atoms with Crippen molar-refractivity contribution in [1.82, 2.24) is 9.88 Å². The molecule has 0 bridgehead atoms. The molecule has 3 nitrogen and oxygen atoms in total. The Kier molecular flexibility index (Phi) is 5.00. The molecule has 100 valence electrons. The lowest BCUT2D eigenvalue weighted by Crippen LogP contribution is -2.20. The minimum atomic E-state index is 0.920. The summed E-state index contributed by atoms with van der Waals surface area (Å²) in [6.45, 7) is 8.87. The van der Waals surface area contributed by atoms with Gasteiger partial charge in [-0.15, -0.1) is 0 Å². The minimum Gasteiger partial charge on any atom is -0.370 e. The van der Waals surface area contributed by atoms with Gasteiger partial charge in [0.05, 0.1) is 0 Å². The first-order valence-corrected chi connectivity index (χ1v) is 7.23. The number of pyridine rings is 1. The zero-order valence-corrected chi connectivity index (χ0v) is 11.7. The maximum Gasteiger partial charge on any atom is 0.125 e. The fourth-order valence-corrected chi connectivity index (χ4v) is 2.76. The maximum atomic E-state index is 4.43. The zero-order valence-electron chi connectivity index (χ0n) is 11.7. The summed E-state index contributed by atoms with van der Waals surface area (Å²) < 4.78 is 0. The lowest BCUT2D eigenvalue weighted by molar-refractivity contribution is 0.312. The van der Waals surface area contributed by atoms with Gasteiger partial charge < -0.3 is 5.32 Å². The molecule has 1 atom stereocenters. The van der Waals surface area contributed by atoms with Crippen molar-refractivity contribution in [2.45, 2.75) is 39.7 Å². The first kappa shape index (κ1) is 13.3. The number of likely N-dealkylation sites (tertiary alicyclic amines) is 1. The van der Waals surface area contributed by atoms with E-state index in [4.69, 9.17) is 0 Å². The largest absolute Gasteiger partial charge is 0.370 e. The Morgan fingerprint density at radius 2 is 2.28 bits per heavy atom. The van der Waals surface area contributed by atoms with Crippen LogP contribution in [0.15, 0.2) is 18.3 Å². The van der Waals surface area contributed by atoms with Gasteiger partial charge in [-0.2, -0.15) is 0 Å². The molecule has 1 saturated heterocycles. The van der Waals surface area contributed by atoms with Gasteiger partial charge in [0.2, 0.25) is 0 Å². The van der Waals surface area contributed by atoms with Crippen molar-refractivity contribution in [3.05, 3.63) is 23.9 Å². The third kappa shape index (κ3) is 3.70. The highest BCUT2D eigenvalue weighted by Gasteiger charge is 2.21. The molecule has 1 aliphatic rings. The third-order valence-electron chi connectivity index (χ3n) is 3.66. The standard InChI is InChI=1S/C15H25N3/c1-3-5-13-8-9-18(11-13)12-14-6-7-15(16-4-2)17-10-14/h6-7,10,13H,3-5,8-9,11-12H2,1-2H3,(H,16,17). The summed E-state index contributed by atoms with van der Waals surface area (Å²) in [5, 5.41) is 3.23. The first-order chi connectivity index (χ1) is 8.81. The molecule has 1 unspecified atom stereocenters. The van der Waals surface area contributed by atoms with Gasteiger partial charge in [-0.05, 0) is 43.9 Å². The molecule has 0 aromatic carbocycles. The average Bonchev–Trinajstić information content (AvgIpc) is 2.80. The van der Waals surface area contributed by atoms with Crippen molar-refractivity contribution in [3.63, 3.8) is 0 Å². The molecule has 1 fully saturated rings. The highest BCUT2D eigenvalue weighted by molar-refractivity contribution is 5.35. The van der Waals surface area contributed by atoms with Gasteiger partial charge in [-0.25, -0.2) is 4.98 Å². The van der Waals surface area contributed by atoms with Crippen molar-refractivity contribution >= 4 is 5.82 Å². The third-order valence-corrected chi connectivity index (χ3v) is 3.66. The Hall–Kier alpha value is -1.09. The molecule has 1 N–H and O–H groups in total. The van der Waals surface area contributed by atoms with E-state index in [1.165, 1.54) is 37.9 Å². The second-order valence-electron chi connectivity index (χ2n) is 5.26. The van der Waals surface area contributed by atoms with Gasteiger partial charge in [-0.3, -0.25) is 4.90 Å². The molecular weight excluding hydrogens is 222 g/mol.